The van der Waals surface area contributed by atoms with Gasteiger partial charge in [0.25, 0.3) is 5.56 Å². The number of hydrogen-bond donors (Lipinski definition) is 0. The van der Waals surface area contributed by atoms with Crippen LogP contribution in [0.4, 0.5) is 0 Å². The van der Waals surface area contributed by atoms with Gasteiger partial charge in [0.1, 0.15) is 5.82 Å². The number of para-hydroxylation sites is 1. The van der Waals surface area contributed by atoms with E-state index in [1.165, 1.54) is 6.42 Å². The Labute approximate surface area is 196 Å². The minimum Gasteiger partial charge on any atom is -0.332 e. The van der Waals surface area contributed by atoms with Crippen molar-refractivity contribution >= 4 is 16.8 Å². The highest BCUT2D eigenvalue weighted by molar-refractivity contribution is 5.80. The summed E-state index contributed by atoms with van der Waals surface area (Å²) in [6.45, 7) is 8.95. The van der Waals surface area contributed by atoms with E-state index in [1.807, 2.05) is 67.3 Å². The number of rotatable bonds is 6. The van der Waals surface area contributed by atoms with Crippen LogP contribution in [0.15, 0.2) is 53.3 Å². The third kappa shape index (κ3) is 4.87. The van der Waals surface area contributed by atoms with Gasteiger partial charge in [0.05, 0.1) is 22.6 Å². The normalized spacial score (nSPS) is 15.7. The topological polar surface area (TPSA) is 55.2 Å². The van der Waals surface area contributed by atoms with Crippen LogP contribution in [0.25, 0.3) is 16.6 Å². The number of aromatic nitrogens is 2. The van der Waals surface area contributed by atoms with Crippen molar-refractivity contribution in [2.45, 2.75) is 65.8 Å². The molecule has 5 heteroatoms. The Morgan fingerprint density at radius 3 is 2.48 bits per heavy atom. The molecule has 4 rings (SSSR count). The summed E-state index contributed by atoms with van der Waals surface area (Å²) in [5, 5.41) is 0.587. The van der Waals surface area contributed by atoms with E-state index in [2.05, 4.69) is 13.8 Å². The Hall–Kier alpha value is -2.95. The van der Waals surface area contributed by atoms with Crippen LogP contribution in [0.1, 0.15) is 70.3 Å². The number of benzene rings is 2. The first-order chi connectivity index (χ1) is 15.9. The first-order valence-corrected chi connectivity index (χ1v) is 12.3. The molecule has 0 N–H and O–H groups in total. The van der Waals surface area contributed by atoms with Gasteiger partial charge in [-0.2, -0.15) is 0 Å². The number of hydrogen-bond acceptors (Lipinski definition) is 3. The molecule has 1 aliphatic carbocycles. The molecule has 1 saturated carbocycles. The van der Waals surface area contributed by atoms with Crippen molar-refractivity contribution in [1.29, 1.82) is 0 Å². The van der Waals surface area contributed by atoms with Gasteiger partial charge in [0.2, 0.25) is 5.91 Å². The van der Waals surface area contributed by atoms with Gasteiger partial charge in [-0.25, -0.2) is 4.98 Å². The van der Waals surface area contributed by atoms with E-state index < -0.39 is 0 Å². The Bertz CT molecular complexity index is 1190. The van der Waals surface area contributed by atoms with Crippen LogP contribution in [0.2, 0.25) is 0 Å². The summed E-state index contributed by atoms with van der Waals surface area (Å²) in [7, 11) is 0. The maximum absolute atomic E-state index is 13.7. The van der Waals surface area contributed by atoms with Crippen molar-refractivity contribution in [3.05, 3.63) is 70.3 Å². The lowest BCUT2D eigenvalue weighted by Crippen LogP contribution is -2.43. The zero-order valence-corrected chi connectivity index (χ0v) is 20.3. The minimum atomic E-state index is -0.320. The lowest BCUT2D eigenvalue weighted by Gasteiger charge is -2.35. The van der Waals surface area contributed by atoms with Crippen LogP contribution in [0.5, 0.6) is 0 Å². The average molecular weight is 446 g/mol. The first-order valence-electron chi connectivity index (χ1n) is 12.3. The van der Waals surface area contributed by atoms with Crippen LogP contribution < -0.4 is 5.56 Å². The highest BCUT2D eigenvalue weighted by atomic mass is 16.2. The summed E-state index contributed by atoms with van der Waals surface area (Å²) < 4.78 is 1.71. The highest BCUT2D eigenvalue weighted by Crippen LogP contribution is 2.30. The highest BCUT2D eigenvalue weighted by Gasteiger charge is 2.32. The zero-order valence-electron chi connectivity index (χ0n) is 20.3. The van der Waals surface area contributed by atoms with E-state index in [9.17, 15) is 9.59 Å². The van der Waals surface area contributed by atoms with E-state index in [-0.39, 0.29) is 23.4 Å². The van der Waals surface area contributed by atoms with Crippen LogP contribution in [-0.2, 0) is 4.79 Å². The Balaban J connectivity index is 1.87. The minimum absolute atomic E-state index is 0.0690. The molecule has 174 valence electrons. The predicted molar refractivity (Wildman–Crippen MR) is 134 cm³/mol. The fourth-order valence-electron chi connectivity index (χ4n) is 5.00. The van der Waals surface area contributed by atoms with E-state index in [0.717, 1.165) is 36.9 Å². The van der Waals surface area contributed by atoms with E-state index in [0.29, 0.717) is 29.2 Å². The summed E-state index contributed by atoms with van der Waals surface area (Å²) in [6, 6.07) is 15.1. The molecular weight excluding hydrogens is 410 g/mol. The van der Waals surface area contributed by atoms with Crippen LogP contribution in [0.3, 0.4) is 0 Å². The Morgan fingerprint density at radius 1 is 1.06 bits per heavy atom. The first kappa shape index (κ1) is 23.2. The number of nitrogens with zero attached hydrogens (tertiary/aromatic N) is 3. The molecule has 0 bridgehead atoms. The second-order valence-corrected chi connectivity index (χ2v) is 9.86. The van der Waals surface area contributed by atoms with Crippen molar-refractivity contribution in [3.63, 3.8) is 0 Å². The second kappa shape index (κ2) is 9.90. The molecule has 0 saturated heterocycles. The number of amides is 1. The van der Waals surface area contributed by atoms with E-state index in [4.69, 9.17) is 4.98 Å². The van der Waals surface area contributed by atoms with Crippen molar-refractivity contribution in [2.24, 2.45) is 11.8 Å². The van der Waals surface area contributed by atoms with Gasteiger partial charge in [0, 0.05) is 12.5 Å². The molecular formula is C28H35N3O2. The lowest BCUT2D eigenvalue weighted by molar-refractivity contribution is -0.139. The van der Waals surface area contributed by atoms with Gasteiger partial charge in [-0.05, 0) is 62.4 Å². The standard InChI is InChI=1S/C28H35N3O2/c1-19(2)18-30(27(32)22-12-6-5-7-13-22)21(4)26-29-25-16-9-8-15-24(25)28(33)31(26)23-14-10-11-20(3)17-23/h8-11,14-17,19,21-22H,5-7,12-13,18H2,1-4H3. The molecule has 1 aromatic heterocycles. The summed E-state index contributed by atoms with van der Waals surface area (Å²) in [5.41, 5.74) is 2.43. The van der Waals surface area contributed by atoms with Crippen molar-refractivity contribution < 1.29 is 4.79 Å². The largest absolute Gasteiger partial charge is 0.332 e. The van der Waals surface area contributed by atoms with E-state index in [1.54, 1.807) is 4.57 Å². The number of fused-ring (bicyclic) bond motifs is 1. The van der Waals surface area contributed by atoms with Gasteiger partial charge < -0.3 is 4.90 Å². The van der Waals surface area contributed by atoms with Crippen LogP contribution in [0, 0.1) is 18.8 Å². The molecule has 0 spiro atoms. The van der Waals surface area contributed by atoms with Crippen molar-refractivity contribution in [3.8, 4) is 5.69 Å². The van der Waals surface area contributed by atoms with Crippen molar-refractivity contribution in [1.82, 2.24) is 14.5 Å². The maximum Gasteiger partial charge on any atom is 0.266 e. The fraction of sp³-hybridized carbons (Fsp3) is 0.464. The lowest BCUT2D eigenvalue weighted by atomic mass is 9.87. The molecule has 0 aliphatic heterocycles. The summed E-state index contributed by atoms with van der Waals surface area (Å²) >= 11 is 0. The average Bonchev–Trinajstić information content (AvgIpc) is 2.82. The quantitative estimate of drug-likeness (QED) is 0.480. The third-order valence-corrected chi connectivity index (χ3v) is 6.70. The molecule has 1 amide bonds. The Morgan fingerprint density at radius 2 is 1.79 bits per heavy atom. The van der Waals surface area contributed by atoms with Crippen LogP contribution >= 0.6 is 0 Å². The Kier molecular flexibility index (Phi) is 6.96. The second-order valence-electron chi connectivity index (χ2n) is 9.86. The molecule has 1 heterocycles. The summed E-state index contributed by atoms with van der Waals surface area (Å²) in [5.74, 6) is 1.21. The fourth-order valence-corrected chi connectivity index (χ4v) is 5.00. The van der Waals surface area contributed by atoms with E-state index >= 15 is 0 Å². The number of carbonyl (C=O) groups is 1. The SMILES string of the molecule is Cc1cccc(-n2c(C(C)N(CC(C)C)C(=O)C3CCCCC3)nc3ccccc3c2=O)c1. The monoisotopic (exact) mass is 445 g/mol. The van der Waals surface area contributed by atoms with Gasteiger partial charge in [0.15, 0.2) is 0 Å². The van der Waals surface area contributed by atoms with Gasteiger partial charge in [-0.1, -0.05) is 57.4 Å². The van der Waals surface area contributed by atoms with Gasteiger partial charge >= 0.3 is 0 Å². The molecule has 1 unspecified atom stereocenters. The molecule has 3 aromatic rings. The smallest absolute Gasteiger partial charge is 0.266 e. The molecule has 1 fully saturated rings. The maximum atomic E-state index is 13.7. The molecule has 0 radical (unpaired) electrons. The number of carbonyl (C=O) groups excluding carboxylic acids is 1. The zero-order chi connectivity index (χ0) is 23.5. The molecule has 33 heavy (non-hydrogen) atoms. The molecule has 1 atom stereocenters. The van der Waals surface area contributed by atoms with Crippen molar-refractivity contribution in [2.75, 3.05) is 6.54 Å². The third-order valence-electron chi connectivity index (χ3n) is 6.70. The molecule has 1 aliphatic rings. The number of aryl methyl sites for hydroxylation is 1. The predicted octanol–water partition coefficient (Wildman–Crippen LogP) is 5.82. The van der Waals surface area contributed by atoms with Gasteiger partial charge in [-0.15, -0.1) is 0 Å². The molecule has 2 aromatic carbocycles. The van der Waals surface area contributed by atoms with Gasteiger partial charge in [-0.3, -0.25) is 14.2 Å². The van der Waals surface area contributed by atoms with Crippen LogP contribution in [-0.4, -0.2) is 26.9 Å². The molecule has 5 nitrogen and oxygen atoms in total. The summed E-state index contributed by atoms with van der Waals surface area (Å²) in [6.07, 6.45) is 5.35. The summed E-state index contributed by atoms with van der Waals surface area (Å²) in [4.78, 5) is 34.4.